The first-order chi connectivity index (χ1) is 69.8. The first-order valence-electron chi connectivity index (χ1n) is 47.3. The topological polar surface area (TPSA) is 362 Å². The third-order valence-electron chi connectivity index (χ3n) is 26.9. The SMILES string of the molecule is CC(C)Oc1ccc(S(=O)(=O)N2CCC(N3C(=O)OCc4ccccc43)CC2)cc1.COc1ccc(S(=O)(=O)N2CCC(N3C(=O)OCc4ccccc43)CC2)cc1OC.Cc1cccc(S(=O)(=O)N2CCC(N3C(=O)OCc4cccc(C)c43)CC2)c1.O=C1OCc2ccccc2N1C1CCN(S(=O)(=O)c2c(F)c(F)c(F)c(F)c2F)CC1.O=C1OCc2ccccc2N1C1CCN(S(=O)(=O)c2cccc(Cl)c2)CC1. The van der Waals surface area contributed by atoms with Gasteiger partial charge in [0.25, 0.3) is 0 Å². The number of amides is 5. The maximum absolute atomic E-state index is 14.0. The maximum Gasteiger partial charge on any atom is 0.414 e. The largest absolute Gasteiger partial charge is 0.493 e. The quantitative estimate of drug-likeness (QED) is 0.0314. The van der Waals surface area contributed by atoms with Crippen LogP contribution in [0.15, 0.2) is 231 Å². The van der Waals surface area contributed by atoms with E-state index in [4.69, 9.17) is 49.5 Å². The molecule has 0 aromatic heterocycles. The number of hydrogen-bond donors (Lipinski definition) is 0. The second-order valence-electron chi connectivity index (χ2n) is 36.2. The average Bonchev–Trinajstić information content (AvgIpc) is 0.750. The van der Waals surface area contributed by atoms with Crippen LogP contribution in [0.5, 0.6) is 17.2 Å². The van der Waals surface area contributed by atoms with Crippen LogP contribution in [0.3, 0.4) is 0 Å². The zero-order chi connectivity index (χ0) is 104. The molecular weight excluding hydrogens is 2020 g/mol. The summed E-state index contributed by atoms with van der Waals surface area (Å²) in [6.45, 7) is 11.1. The molecule has 44 heteroatoms. The molecule has 5 fully saturated rings. The van der Waals surface area contributed by atoms with E-state index in [1.54, 1.807) is 111 Å². The van der Waals surface area contributed by atoms with Gasteiger partial charge in [0.2, 0.25) is 55.9 Å². The van der Waals surface area contributed by atoms with Gasteiger partial charge in [-0.05, 0) is 194 Å². The van der Waals surface area contributed by atoms with Crippen molar-refractivity contribution in [2.24, 2.45) is 0 Å². The number of fused-ring (bicyclic) bond motifs is 5. The second-order valence-corrected chi connectivity index (χ2v) is 46.3. The third kappa shape index (κ3) is 22.5. The number of para-hydroxylation sites is 5. The third-order valence-corrected chi connectivity index (χ3v) is 36.7. The number of methoxy groups -OCH3 is 2. The molecule has 0 radical (unpaired) electrons. The molecule has 0 bridgehead atoms. The Hall–Kier alpha value is -12.6. The van der Waals surface area contributed by atoms with Crippen LogP contribution in [0.2, 0.25) is 5.02 Å². The number of carbonyl (C=O) groups is 5. The number of carbonyl (C=O) groups excluding carboxylic acids is 5. The number of hydrogen-bond acceptors (Lipinski definition) is 23. The van der Waals surface area contributed by atoms with Gasteiger partial charge >= 0.3 is 30.5 Å². The minimum Gasteiger partial charge on any atom is -0.493 e. The van der Waals surface area contributed by atoms with Crippen LogP contribution in [-0.2, 0) is 107 Å². The van der Waals surface area contributed by atoms with E-state index >= 15 is 0 Å². The van der Waals surface area contributed by atoms with Crippen LogP contribution in [-0.4, -0.2) is 210 Å². The van der Waals surface area contributed by atoms with Crippen molar-refractivity contribution in [3.05, 3.63) is 279 Å². The number of aryl methyl sites for hydroxylation is 2. The lowest BCUT2D eigenvalue weighted by atomic mass is 10.00. The van der Waals surface area contributed by atoms with Gasteiger partial charge < -0.3 is 37.9 Å². The van der Waals surface area contributed by atoms with Crippen LogP contribution in [0, 0.1) is 42.9 Å². The minimum absolute atomic E-state index is 0.0260. The highest BCUT2D eigenvalue weighted by atomic mass is 35.5. The number of halogens is 6. The van der Waals surface area contributed by atoms with Crippen molar-refractivity contribution < 1.29 is 126 Å². The number of rotatable bonds is 19. The summed E-state index contributed by atoms with van der Waals surface area (Å²) in [4.78, 5) is 69.2. The Balaban J connectivity index is 0.000000131. The van der Waals surface area contributed by atoms with Crippen molar-refractivity contribution in [3.63, 3.8) is 0 Å². The summed E-state index contributed by atoms with van der Waals surface area (Å²) >= 11 is 5.94. The van der Waals surface area contributed by atoms with E-state index in [1.165, 1.54) is 54.5 Å². The molecule has 10 aliphatic rings. The van der Waals surface area contributed by atoms with Crippen molar-refractivity contribution in [2.75, 3.05) is 104 Å². The summed E-state index contributed by atoms with van der Waals surface area (Å²) in [6, 6.07) is 59.4. The van der Waals surface area contributed by atoms with E-state index in [0.717, 1.165) is 61.7 Å². The molecule has 5 saturated heterocycles. The number of ether oxygens (including phenoxy) is 8. The number of cyclic esters (lactones) is 5. The molecule has 0 saturated carbocycles. The lowest BCUT2D eigenvalue weighted by Gasteiger charge is -2.40. The molecule has 10 heterocycles. The first kappa shape index (κ1) is 106. The van der Waals surface area contributed by atoms with Crippen LogP contribution in [0.1, 0.15) is 117 Å². The van der Waals surface area contributed by atoms with Gasteiger partial charge in [0.05, 0.1) is 68.3 Å². The van der Waals surface area contributed by atoms with Gasteiger partial charge in [0.1, 0.15) is 38.8 Å². The number of anilines is 5. The molecule has 0 spiro atoms. The molecule has 146 heavy (non-hydrogen) atoms. The highest BCUT2D eigenvalue weighted by Crippen LogP contribution is 2.43. The van der Waals surface area contributed by atoms with E-state index in [1.807, 2.05) is 125 Å². The maximum atomic E-state index is 14.0. The van der Waals surface area contributed by atoms with Crippen LogP contribution in [0.4, 0.5) is 74.4 Å². The number of sulfonamides is 5. The van der Waals surface area contributed by atoms with Gasteiger partial charge in [0.15, 0.2) is 39.7 Å². The van der Waals surface area contributed by atoms with Gasteiger partial charge in [-0.25, -0.2) is 88.0 Å². The zero-order valence-electron chi connectivity index (χ0n) is 80.4. The van der Waals surface area contributed by atoms with Crippen LogP contribution < -0.4 is 38.7 Å². The number of benzene rings is 10. The molecule has 10 aromatic rings. The van der Waals surface area contributed by atoms with Crippen molar-refractivity contribution in [3.8, 4) is 17.2 Å². The van der Waals surface area contributed by atoms with Crippen molar-refractivity contribution in [1.29, 1.82) is 0 Å². The Kier molecular flexibility index (Phi) is 32.8. The summed E-state index contributed by atoms with van der Waals surface area (Å²) in [5, 5.41) is 0.388. The predicted octanol–water partition coefficient (Wildman–Crippen LogP) is 17.8. The van der Waals surface area contributed by atoms with Gasteiger partial charge in [-0.3, -0.25) is 24.5 Å². The highest BCUT2D eigenvalue weighted by molar-refractivity contribution is 7.90. The fourth-order valence-corrected chi connectivity index (χ4v) is 27.4. The molecule has 0 atom stereocenters. The summed E-state index contributed by atoms with van der Waals surface area (Å²) in [5.41, 5.74) is 10.7. The lowest BCUT2D eigenvalue weighted by Crippen LogP contribution is -2.50. The van der Waals surface area contributed by atoms with E-state index in [9.17, 15) is 88.0 Å². The molecule has 0 unspecified atom stereocenters. The summed E-state index contributed by atoms with van der Waals surface area (Å²) in [6.07, 6.45) is 2.49. The van der Waals surface area contributed by atoms with E-state index in [0.29, 0.717) is 141 Å². The normalized spacial score (nSPS) is 18.3. The second kappa shape index (κ2) is 45.0. The monoisotopic (exact) mass is 2130 g/mol. The standard InChI is InChI=1S/C22H26N2O5S.C21H24N2O6S.C21H24N2O4S.C19H19ClN2O4S.C19H15F5N2O4S/c1-16(2)29-19-7-9-20(10-8-19)30(26,27)23-13-11-18(12-14-23)24-21-6-4-3-5-17(21)15-28-22(24)25;1-27-19-8-7-17(13-20(19)28-2)30(25,26)22-11-9-16(10-12-22)23-18-6-4-3-5-15(18)14-29-21(23)24;1-15-5-3-8-19(13-15)28(25,26)22-11-9-18(10-12-22)23-20-16(2)6-4-7-17(20)14-27-21(23)24;20-15-5-3-6-17(12-15)27(24,25)21-10-8-16(9-11-21)22-18-7-2-1-4-14(18)13-26-19(22)23;20-13-14(21)16(23)18(17(24)15(13)22)31(28,29)25-7-5-11(6-8-25)26-12-4-2-1-3-10(12)9-30-19(26)27/h3-10,16,18H,11-15H2,1-2H3;3-8,13,16H,9-12,14H2,1-2H3;3-8,13,18H,9-12,14H2,1-2H3;1-7,12,16H,8-11,13H2;1-4,11H,5-9H2. The molecule has 5 amide bonds. The summed E-state index contributed by atoms with van der Waals surface area (Å²) in [5.74, 6) is -10.4. The first-order valence-corrected chi connectivity index (χ1v) is 54.9. The van der Waals surface area contributed by atoms with Gasteiger partial charge in [-0.1, -0.05) is 121 Å². The molecule has 33 nitrogen and oxygen atoms in total. The van der Waals surface area contributed by atoms with E-state index < -0.39 is 96.2 Å². The Labute approximate surface area is 848 Å². The number of piperidine rings is 5. The Morgan fingerprint density at radius 1 is 0.315 bits per heavy atom. The molecule has 20 rings (SSSR count). The highest BCUT2D eigenvalue weighted by Gasteiger charge is 2.46. The molecule has 10 aromatic carbocycles. The summed E-state index contributed by atoms with van der Waals surface area (Å²) in [7, 11) is -16.4. The van der Waals surface area contributed by atoms with Crippen molar-refractivity contribution in [2.45, 2.75) is 186 Å². The molecule has 10 aliphatic heterocycles. The fraction of sp³-hybridized carbons (Fsp3) is 0.363. The lowest BCUT2D eigenvalue weighted by molar-refractivity contribution is 0.135. The van der Waals surface area contributed by atoms with Crippen LogP contribution >= 0.6 is 11.6 Å². The average molecular weight is 2130 g/mol. The Morgan fingerprint density at radius 3 is 0.966 bits per heavy atom. The molecule has 776 valence electrons. The van der Waals surface area contributed by atoms with Gasteiger partial charge in [-0.2, -0.15) is 21.5 Å². The Morgan fingerprint density at radius 2 is 0.610 bits per heavy atom. The van der Waals surface area contributed by atoms with Crippen LogP contribution in [0.25, 0.3) is 0 Å². The van der Waals surface area contributed by atoms with Gasteiger partial charge in [0, 0.05) is 135 Å². The van der Waals surface area contributed by atoms with Gasteiger partial charge in [-0.15, -0.1) is 0 Å². The predicted molar refractivity (Wildman–Crippen MR) is 530 cm³/mol. The van der Waals surface area contributed by atoms with E-state index in [-0.39, 0.29) is 128 Å². The van der Waals surface area contributed by atoms with Crippen molar-refractivity contribution >= 4 is 121 Å². The zero-order valence-corrected chi connectivity index (χ0v) is 85.3. The number of nitrogens with zero attached hydrogens (tertiary/aromatic N) is 10. The molecular formula is C102H108ClF5N10O23S5. The van der Waals surface area contributed by atoms with E-state index in [2.05, 4.69) is 0 Å². The molecule has 0 aliphatic carbocycles. The summed E-state index contributed by atoms with van der Waals surface area (Å²) < 4.78 is 247. The Bertz CT molecular complexity index is 7150. The molecule has 0 N–H and O–H groups in total. The smallest absolute Gasteiger partial charge is 0.414 e. The van der Waals surface area contributed by atoms with Crippen molar-refractivity contribution in [1.82, 2.24) is 21.5 Å². The fourth-order valence-electron chi connectivity index (χ4n) is 19.5. The minimum atomic E-state index is -5.01.